The van der Waals surface area contributed by atoms with E-state index >= 15 is 0 Å². The van der Waals surface area contributed by atoms with Crippen molar-refractivity contribution in [3.63, 3.8) is 0 Å². The molecule has 1 rings (SSSR count). The van der Waals surface area contributed by atoms with Crippen molar-refractivity contribution >= 4 is 25.4 Å². The fourth-order valence-electron chi connectivity index (χ4n) is 3.46. The topological polar surface area (TPSA) is 224 Å². The fourth-order valence-corrected chi connectivity index (χ4v) is 4.54. The van der Waals surface area contributed by atoms with Gasteiger partial charge in [-0.1, -0.05) is 0 Å². The second kappa shape index (κ2) is 14.2. The number of carbonyl (C=O) groups is 3. The van der Waals surface area contributed by atoms with Crippen molar-refractivity contribution in [1.29, 1.82) is 0 Å². The van der Waals surface area contributed by atoms with Crippen LogP contribution in [0.15, 0.2) is 0 Å². The number of nitrogens with one attached hydrogen (secondary N) is 2. The van der Waals surface area contributed by atoms with Crippen LogP contribution >= 0.6 is 7.60 Å². The zero-order valence-electron chi connectivity index (χ0n) is 20.0. The van der Waals surface area contributed by atoms with Crippen molar-refractivity contribution in [1.82, 2.24) is 15.5 Å². The third-order valence-corrected chi connectivity index (χ3v) is 6.78. The van der Waals surface area contributed by atoms with Crippen molar-refractivity contribution < 1.29 is 58.3 Å². The summed E-state index contributed by atoms with van der Waals surface area (Å²) in [7, 11) is -2.99. The van der Waals surface area contributed by atoms with Gasteiger partial charge < -0.3 is 50.0 Å². The Kier molecular flexibility index (Phi) is 12.7. The first kappa shape index (κ1) is 31.4. The normalized spacial score (nSPS) is 26.0. The molecule has 15 nitrogen and oxygen atoms in total. The average molecular weight is 529 g/mol. The number of hydrogen-bond acceptors (Lipinski definition) is 11. The molecule has 35 heavy (non-hydrogen) atoms. The van der Waals surface area contributed by atoms with Crippen molar-refractivity contribution in [3.05, 3.63) is 0 Å². The number of amides is 2. The van der Waals surface area contributed by atoms with Crippen LogP contribution < -0.4 is 10.6 Å². The van der Waals surface area contributed by atoms with E-state index in [9.17, 15) is 44.3 Å². The first-order valence-corrected chi connectivity index (χ1v) is 12.6. The van der Waals surface area contributed by atoms with Crippen LogP contribution in [0.2, 0.25) is 0 Å². The summed E-state index contributed by atoms with van der Waals surface area (Å²) >= 11 is 0. The summed E-state index contributed by atoms with van der Waals surface area (Å²) in [5, 5.41) is 44.3. The predicted molar refractivity (Wildman–Crippen MR) is 120 cm³/mol. The SMILES string of the molecule is COCCOCC(=O)NC(C)(COP(=O)(O)CCN1[C@H](CO)[C@@H](O)[C@H](O)[C@H]1CNC(C)=O)C(=O)O. The van der Waals surface area contributed by atoms with E-state index in [2.05, 4.69) is 10.6 Å². The molecule has 16 heteroatoms. The first-order chi connectivity index (χ1) is 16.3. The van der Waals surface area contributed by atoms with E-state index < -0.39 is 81.2 Å². The number of aliphatic hydroxyl groups excluding tert-OH is 3. The zero-order chi connectivity index (χ0) is 26.8. The highest BCUT2D eigenvalue weighted by Crippen LogP contribution is 2.43. The van der Waals surface area contributed by atoms with Crippen molar-refractivity contribution in [2.45, 2.75) is 43.7 Å². The van der Waals surface area contributed by atoms with Crippen LogP contribution in [-0.4, -0.2) is 137 Å². The molecule has 0 spiro atoms. The van der Waals surface area contributed by atoms with Gasteiger partial charge in [0.1, 0.15) is 6.61 Å². The lowest BCUT2D eigenvalue weighted by Crippen LogP contribution is -2.56. The summed E-state index contributed by atoms with van der Waals surface area (Å²) in [4.78, 5) is 46.6. The van der Waals surface area contributed by atoms with Crippen LogP contribution in [0.5, 0.6) is 0 Å². The van der Waals surface area contributed by atoms with Gasteiger partial charge in [-0.3, -0.25) is 19.1 Å². The molecule has 0 aromatic rings. The minimum absolute atomic E-state index is 0.0871. The van der Waals surface area contributed by atoms with Crippen LogP contribution in [0.4, 0.5) is 0 Å². The van der Waals surface area contributed by atoms with Crippen molar-refractivity contribution in [2.24, 2.45) is 0 Å². The molecule has 204 valence electrons. The quantitative estimate of drug-likeness (QED) is 0.0770. The lowest BCUT2D eigenvalue weighted by Gasteiger charge is -2.31. The number of methoxy groups -OCH3 is 1. The molecular weight excluding hydrogens is 493 g/mol. The smallest absolute Gasteiger partial charge is 0.331 e. The van der Waals surface area contributed by atoms with Crippen molar-refractivity contribution in [2.75, 3.05) is 59.4 Å². The summed E-state index contributed by atoms with van der Waals surface area (Å²) in [5.41, 5.74) is -2.04. The fraction of sp³-hybridized carbons (Fsp3) is 0.842. The van der Waals surface area contributed by atoms with Gasteiger partial charge in [0.15, 0.2) is 5.54 Å². The lowest BCUT2D eigenvalue weighted by molar-refractivity contribution is -0.149. The van der Waals surface area contributed by atoms with Gasteiger partial charge in [-0.25, -0.2) is 4.79 Å². The summed E-state index contributed by atoms with van der Waals surface area (Å²) in [5.74, 6) is -2.69. The van der Waals surface area contributed by atoms with Gasteiger partial charge in [-0.15, -0.1) is 0 Å². The van der Waals surface area contributed by atoms with E-state index in [1.807, 2.05) is 0 Å². The molecule has 0 radical (unpaired) electrons. The predicted octanol–water partition coefficient (Wildman–Crippen LogP) is -3.29. The van der Waals surface area contributed by atoms with Crippen LogP contribution in [0.3, 0.4) is 0 Å². The number of nitrogens with zero attached hydrogens (tertiary/aromatic N) is 1. The molecule has 6 atom stereocenters. The molecule has 0 aromatic heterocycles. The molecule has 1 aliphatic heterocycles. The molecule has 1 heterocycles. The lowest BCUT2D eigenvalue weighted by atomic mass is 10.0. The maximum absolute atomic E-state index is 12.6. The highest BCUT2D eigenvalue weighted by molar-refractivity contribution is 7.52. The third-order valence-electron chi connectivity index (χ3n) is 5.49. The van der Waals surface area contributed by atoms with Crippen LogP contribution in [0, 0.1) is 0 Å². The number of hydrogen-bond donors (Lipinski definition) is 7. The third kappa shape index (κ3) is 9.71. The number of ether oxygens (including phenoxy) is 2. The summed E-state index contributed by atoms with van der Waals surface area (Å²) in [6.07, 6.45) is -3.26. The number of likely N-dealkylation sites (tertiary alicyclic amines) is 1. The zero-order valence-corrected chi connectivity index (χ0v) is 20.8. The summed E-state index contributed by atoms with van der Waals surface area (Å²) < 4.78 is 27.4. The Bertz CT molecular complexity index is 771. The van der Waals surface area contributed by atoms with E-state index in [4.69, 9.17) is 14.0 Å². The van der Waals surface area contributed by atoms with Crippen LogP contribution in [0.25, 0.3) is 0 Å². The molecule has 1 fully saturated rings. The van der Waals surface area contributed by atoms with Crippen LogP contribution in [0.1, 0.15) is 13.8 Å². The molecule has 1 aliphatic rings. The monoisotopic (exact) mass is 529 g/mol. The van der Waals surface area contributed by atoms with E-state index in [0.29, 0.717) is 0 Å². The molecule has 1 saturated heterocycles. The highest BCUT2D eigenvalue weighted by atomic mass is 31.2. The van der Waals surface area contributed by atoms with E-state index in [0.717, 1.165) is 6.92 Å². The van der Waals surface area contributed by atoms with Gasteiger partial charge in [0.2, 0.25) is 11.8 Å². The molecule has 7 N–H and O–H groups in total. The maximum Gasteiger partial charge on any atom is 0.331 e. The Balaban J connectivity index is 2.76. The van der Waals surface area contributed by atoms with Gasteiger partial charge >= 0.3 is 13.6 Å². The highest BCUT2D eigenvalue weighted by Gasteiger charge is 2.47. The number of carbonyl (C=O) groups excluding carboxylic acids is 2. The summed E-state index contributed by atoms with van der Waals surface area (Å²) in [6, 6.07) is -1.82. The number of rotatable bonds is 16. The molecule has 2 amide bonds. The van der Waals surface area contributed by atoms with E-state index in [1.165, 1.54) is 18.9 Å². The number of aliphatic hydroxyl groups is 3. The number of aliphatic carboxylic acids is 1. The van der Waals surface area contributed by atoms with E-state index in [-0.39, 0.29) is 26.3 Å². The Labute approximate surface area is 202 Å². The summed E-state index contributed by atoms with van der Waals surface area (Å²) in [6.45, 7) is 0.497. The van der Waals surface area contributed by atoms with Gasteiger partial charge in [0.05, 0.1) is 56.9 Å². The van der Waals surface area contributed by atoms with Gasteiger partial charge in [-0.2, -0.15) is 0 Å². The first-order valence-electron chi connectivity index (χ1n) is 10.8. The average Bonchev–Trinajstić information content (AvgIpc) is 3.01. The Morgan fingerprint density at radius 1 is 1.14 bits per heavy atom. The Morgan fingerprint density at radius 3 is 2.31 bits per heavy atom. The molecule has 0 bridgehead atoms. The molecule has 0 saturated carbocycles. The molecule has 2 unspecified atom stereocenters. The largest absolute Gasteiger partial charge is 0.479 e. The minimum Gasteiger partial charge on any atom is -0.479 e. The van der Waals surface area contributed by atoms with Crippen LogP contribution in [-0.2, 0) is 32.9 Å². The molecule has 0 aliphatic carbocycles. The van der Waals surface area contributed by atoms with Gasteiger partial charge in [-0.05, 0) is 6.92 Å². The number of carboxylic acid groups (broad SMARTS) is 1. The number of carboxylic acids is 1. The van der Waals surface area contributed by atoms with Gasteiger partial charge in [0.25, 0.3) is 0 Å². The standard InChI is InChI=1S/C19H36N3O12P/c1-12(24)20-8-13-16(26)17(27)14(9-23)22(13)4-7-35(30,31)34-11-19(2,18(28)29)21-15(25)10-33-6-5-32-3/h13-14,16-17,23,26-27H,4-11H2,1-3H3,(H,20,24)(H,21,25)(H,28,29)(H,30,31)/t13-,14-,16-,17-,19?/m1/s1. The maximum atomic E-state index is 12.6. The Hall–Kier alpha value is -1.68. The second-order valence-corrected chi connectivity index (χ2v) is 10.3. The Morgan fingerprint density at radius 2 is 1.77 bits per heavy atom. The van der Waals surface area contributed by atoms with Gasteiger partial charge in [0, 0.05) is 27.1 Å². The van der Waals surface area contributed by atoms with Crippen molar-refractivity contribution in [3.8, 4) is 0 Å². The molecule has 0 aromatic carbocycles. The molecular formula is C19H36N3O12P. The minimum atomic E-state index is -4.43. The van der Waals surface area contributed by atoms with E-state index in [1.54, 1.807) is 0 Å². The second-order valence-electron chi connectivity index (χ2n) is 8.34.